The largest absolute Gasteiger partial charge is 0.497 e. The molecule has 1 N–H and O–H groups in total. The molecule has 0 unspecified atom stereocenters. The van der Waals surface area contributed by atoms with Crippen LogP contribution in [0.3, 0.4) is 0 Å². The Kier molecular flexibility index (Phi) is 7.20. The number of methoxy groups -OCH3 is 1. The predicted octanol–water partition coefficient (Wildman–Crippen LogP) is 3.14. The summed E-state index contributed by atoms with van der Waals surface area (Å²) in [7, 11) is 1.56. The van der Waals surface area contributed by atoms with Crippen molar-refractivity contribution < 1.29 is 14.3 Å². The fourth-order valence-electron chi connectivity index (χ4n) is 4.18. The lowest BCUT2D eigenvalue weighted by Crippen LogP contribution is -2.51. The molecule has 178 valence electrons. The van der Waals surface area contributed by atoms with Crippen LogP contribution in [0.25, 0.3) is 11.4 Å². The van der Waals surface area contributed by atoms with Gasteiger partial charge in [-0.05, 0) is 44.0 Å². The summed E-state index contributed by atoms with van der Waals surface area (Å²) in [6.07, 6.45) is 4.16. The summed E-state index contributed by atoms with van der Waals surface area (Å²) in [6.45, 7) is 3.58. The summed E-state index contributed by atoms with van der Waals surface area (Å²) in [4.78, 5) is 29.2. The Labute approximate surface area is 199 Å². The van der Waals surface area contributed by atoms with Crippen LogP contribution in [0.4, 0.5) is 5.69 Å². The molecule has 0 saturated heterocycles. The number of hydrogen-bond donors (Lipinski definition) is 1. The average Bonchev–Trinajstić information content (AvgIpc) is 3.52. The minimum absolute atomic E-state index is 0.156. The summed E-state index contributed by atoms with van der Waals surface area (Å²) in [6, 6.07) is 14.3. The number of tetrazole rings is 1. The molecule has 0 radical (unpaired) electrons. The van der Waals surface area contributed by atoms with Crippen molar-refractivity contribution in [2.45, 2.75) is 58.2 Å². The Morgan fingerprint density at radius 3 is 2.62 bits per heavy atom. The first-order chi connectivity index (χ1) is 16.4. The molecule has 0 aliphatic heterocycles. The van der Waals surface area contributed by atoms with Crippen molar-refractivity contribution >= 4 is 17.5 Å². The van der Waals surface area contributed by atoms with Crippen LogP contribution in [0, 0.1) is 6.92 Å². The highest BCUT2D eigenvalue weighted by Gasteiger charge is 2.30. The normalized spacial score (nSPS) is 14.6. The van der Waals surface area contributed by atoms with Gasteiger partial charge in [-0.2, -0.15) is 4.80 Å². The third-order valence-electron chi connectivity index (χ3n) is 6.11. The summed E-state index contributed by atoms with van der Waals surface area (Å²) < 4.78 is 5.33. The summed E-state index contributed by atoms with van der Waals surface area (Å²) >= 11 is 0. The third kappa shape index (κ3) is 5.41. The number of nitrogens with one attached hydrogen (secondary N) is 1. The van der Waals surface area contributed by atoms with Crippen LogP contribution >= 0.6 is 0 Å². The molecule has 3 aromatic rings. The molecule has 4 rings (SSSR count). The zero-order valence-electron chi connectivity index (χ0n) is 19.8. The van der Waals surface area contributed by atoms with Crippen molar-refractivity contribution in [2.75, 3.05) is 12.0 Å². The lowest BCUT2D eigenvalue weighted by atomic mass is 10.1. The Morgan fingerprint density at radius 2 is 1.91 bits per heavy atom. The fraction of sp³-hybridized carbons (Fsp3) is 0.400. The van der Waals surface area contributed by atoms with Crippen LogP contribution in [0.2, 0.25) is 0 Å². The maximum atomic E-state index is 13.5. The van der Waals surface area contributed by atoms with Crippen molar-refractivity contribution in [1.29, 1.82) is 0 Å². The quantitative estimate of drug-likeness (QED) is 0.552. The SMILES string of the molecule is COc1cccc(N(C(=O)Cn2nnc(-c3ccc(C)cc3)n2)[C@H](C)C(=O)NC2CCCC2)c1. The molecule has 9 nitrogen and oxygen atoms in total. The molecule has 1 aliphatic carbocycles. The first kappa shape index (κ1) is 23.4. The van der Waals surface area contributed by atoms with E-state index in [-0.39, 0.29) is 24.4 Å². The lowest BCUT2D eigenvalue weighted by molar-refractivity contribution is -0.127. The van der Waals surface area contributed by atoms with E-state index in [9.17, 15) is 9.59 Å². The molecule has 34 heavy (non-hydrogen) atoms. The Balaban J connectivity index is 1.55. The molecule has 0 spiro atoms. The van der Waals surface area contributed by atoms with E-state index in [1.54, 1.807) is 38.3 Å². The first-order valence-corrected chi connectivity index (χ1v) is 11.6. The molecule has 1 aromatic heterocycles. The Hall–Kier alpha value is -3.75. The smallest absolute Gasteiger partial charge is 0.251 e. The number of amides is 2. The highest BCUT2D eigenvalue weighted by molar-refractivity contribution is 6.00. The van der Waals surface area contributed by atoms with Gasteiger partial charge in [0.05, 0.1) is 7.11 Å². The lowest BCUT2D eigenvalue weighted by Gasteiger charge is -2.29. The molecular formula is C25H30N6O3. The third-order valence-corrected chi connectivity index (χ3v) is 6.11. The van der Waals surface area contributed by atoms with Gasteiger partial charge in [-0.3, -0.25) is 14.5 Å². The maximum Gasteiger partial charge on any atom is 0.251 e. The summed E-state index contributed by atoms with van der Waals surface area (Å²) in [5.74, 6) is 0.525. The van der Waals surface area contributed by atoms with E-state index in [2.05, 4.69) is 20.7 Å². The number of aromatic nitrogens is 4. The van der Waals surface area contributed by atoms with E-state index in [4.69, 9.17) is 4.74 Å². The minimum Gasteiger partial charge on any atom is -0.497 e. The molecule has 1 fully saturated rings. The second kappa shape index (κ2) is 10.5. The van der Waals surface area contributed by atoms with Crippen molar-refractivity contribution in [1.82, 2.24) is 25.5 Å². The van der Waals surface area contributed by atoms with Crippen LogP contribution in [-0.2, 0) is 16.1 Å². The molecule has 1 atom stereocenters. The van der Waals surface area contributed by atoms with Gasteiger partial charge in [0, 0.05) is 23.4 Å². The van der Waals surface area contributed by atoms with Crippen LogP contribution in [0.5, 0.6) is 5.75 Å². The number of ether oxygens (including phenoxy) is 1. The van der Waals surface area contributed by atoms with E-state index < -0.39 is 6.04 Å². The number of carbonyl (C=O) groups is 2. The van der Waals surface area contributed by atoms with Gasteiger partial charge in [0.1, 0.15) is 18.3 Å². The zero-order valence-corrected chi connectivity index (χ0v) is 19.8. The van der Waals surface area contributed by atoms with E-state index in [1.165, 1.54) is 9.70 Å². The first-order valence-electron chi connectivity index (χ1n) is 11.6. The van der Waals surface area contributed by atoms with Gasteiger partial charge in [0.15, 0.2) is 0 Å². The van der Waals surface area contributed by atoms with E-state index >= 15 is 0 Å². The van der Waals surface area contributed by atoms with Crippen LogP contribution < -0.4 is 15.0 Å². The monoisotopic (exact) mass is 462 g/mol. The van der Waals surface area contributed by atoms with Gasteiger partial charge >= 0.3 is 0 Å². The molecule has 2 aromatic carbocycles. The fourth-order valence-corrected chi connectivity index (χ4v) is 4.18. The number of hydrogen-bond acceptors (Lipinski definition) is 6. The number of carbonyl (C=O) groups excluding carboxylic acids is 2. The van der Waals surface area contributed by atoms with Gasteiger partial charge in [-0.15, -0.1) is 10.2 Å². The van der Waals surface area contributed by atoms with Crippen molar-refractivity contribution in [3.8, 4) is 17.1 Å². The minimum atomic E-state index is -0.722. The molecule has 1 aliphatic rings. The molecule has 2 amide bonds. The Bertz CT molecular complexity index is 1140. The van der Waals surface area contributed by atoms with Crippen molar-refractivity contribution in [2.24, 2.45) is 0 Å². The molecule has 0 bridgehead atoms. The maximum absolute atomic E-state index is 13.5. The number of anilines is 1. The zero-order chi connectivity index (χ0) is 24.1. The second-order valence-corrected chi connectivity index (χ2v) is 8.64. The van der Waals surface area contributed by atoms with Crippen LogP contribution in [0.15, 0.2) is 48.5 Å². The van der Waals surface area contributed by atoms with Crippen LogP contribution in [0.1, 0.15) is 38.2 Å². The van der Waals surface area contributed by atoms with Gasteiger partial charge in [0.2, 0.25) is 11.7 Å². The molecule has 9 heteroatoms. The number of nitrogens with zero attached hydrogens (tertiary/aromatic N) is 5. The highest BCUT2D eigenvalue weighted by Crippen LogP contribution is 2.24. The molecule has 1 heterocycles. The van der Waals surface area contributed by atoms with Gasteiger partial charge in [-0.1, -0.05) is 48.7 Å². The van der Waals surface area contributed by atoms with E-state index in [1.807, 2.05) is 31.2 Å². The topological polar surface area (TPSA) is 102 Å². The summed E-state index contributed by atoms with van der Waals surface area (Å²) in [5.41, 5.74) is 2.51. The van der Waals surface area contributed by atoms with Crippen molar-refractivity contribution in [3.05, 3.63) is 54.1 Å². The number of aryl methyl sites for hydroxylation is 1. The van der Waals surface area contributed by atoms with E-state index in [0.717, 1.165) is 36.8 Å². The van der Waals surface area contributed by atoms with Gasteiger partial charge in [-0.25, -0.2) is 0 Å². The average molecular weight is 463 g/mol. The molecular weight excluding hydrogens is 432 g/mol. The predicted molar refractivity (Wildman–Crippen MR) is 128 cm³/mol. The second-order valence-electron chi connectivity index (χ2n) is 8.64. The number of benzene rings is 2. The van der Waals surface area contributed by atoms with Gasteiger partial charge in [0.25, 0.3) is 5.91 Å². The summed E-state index contributed by atoms with van der Waals surface area (Å²) in [5, 5.41) is 15.6. The van der Waals surface area contributed by atoms with Crippen molar-refractivity contribution in [3.63, 3.8) is 0 Å². The highest BCUT2D eigenvalue weighted by atomic mass is 16.5. The van der Waals surface area contributed by atoms with Gasteiger partial charge < -0.3 is 10.1 Å². The number of rotatable bonds is 8. The van der Waals surface area contributed by atoms with Crippen LogP contribution in [-0.4, -0.2) is 51.2 Å². The standard InChI is InChI=1S/C25H30N6O3/c1-17-11-13-19(14-12-17)24-27-29-30(28-24)16-23(32)31(21-9-6-10-22(15-21)34-3)18(2)25(33)26-20-7-4-5-8-20/h6,9-15,18,20H,4-5,7-8,16H2,1-3H3,(H,26,33)/t18-/m1/s1. The molecule has 1 saturated carbocycles. The Morgan fingerprint density at radius 1 is 1.18 bits per heavy atom. The van der Waals surface area contributed by atoms with E-state index in [0.29, 0.717) is 17.3 Å².